The molecular weight excluding hydrogens is 268 g/mol. The van der Waals surface area contributed by atoms with Crippen LogP contribution in [-0.2, 0) is 0 Å². The average Bonchev–Trinajstić information content (AvgIpc) is 2.98. The first-order valence-corrected chi connectivity index (χ1v) is 7.14. The molecule has 1 aromatic heterocycles. The fourth-order valence-corrected chi connectivity index (χ4v) is 2.63. The summed E-state index contributed by atoms with van der Waals surface area (Å²) in [6.45, 7) is 0. The quantitative estimate of drug-likeness (QED) is 0.756. The molecule has 0 aliphatic rings. The van der Waals surface area contributed by atoms with Crippen LogP contribution in [0.5, 0.6) is 11.5 Å². The van der Waals surface area contributed by atoms with Crippen molar-refractivity contribution in [2.24, 2.45) is 0 Å². The zero-order chi connectivity index (χ0) is 13.8. The lowest BCUT2D eigenvalue weighted by Gasteiger charge is -2.06. The number of ether oxygens (including phenoxy) is 1. The van der Waals surface area contributed by atoms with E-state index < -0.39 is 0 Å². The van der Waals surface area contributed by atoms with Crippen LogP contribution in [0.4, 0.5) is 5.13 Å². The summed E-state index contributed by atoms with van der Waals surface area (Å²) in [7, 11) is 1.87. The standard InChI is InChI=1S/C16H14N2OS/c1-17-16-18-11-15(20-16)12-6-5-9-14(10-12)19-13-7-3-2-4-8-13/h2-11H,1H3,(H,17,18). The molecule has 3 aromatic rings. The molecule has 0 fully saturated rings. The summed E-state index contributed by atoms with van der Waals surface area (Å²) in [5.74, 6) is 1.66. The molecule has 4 heteroatoms. The summed E-state index contributed by atoms with van der Waals surface area (Å²) in [6, 6.07) is 17.8. The van der Waals surface area contributed by atoms with E-state index in [9.17, 15) is 0 Å². The van der Waals surface area contributed by atoms with Crippen molar-refractivity contribution in [2.75, 3.05) is 12.4 Å². The number of para-hydroxylation sites is 1. The summed E-state index contributed by atoms with van der Waals surface area (Å²) >= 11 is 1.62. The Hall–Kier alpha value is -2.33. The predicted octanol–water partition coefficient (Wildman–Crippen LogP) is 4.64. The van der Waals surface area contributed by atoms with E-state index in [1.54, 1.807) is 11.3 Å². The van der Waals surface area contributed by atoms with Gasteiger partial charge >= 0.3 is 0 Å². The molecule has 1 N–H and O–H groups in total. The second-order valence-electron chi connectivity index (χ2n) is 4.22. The Kier molecular flexibility index (Phi) is 3.65. The molecule has 1 heterocycles. The smallest absolute Gasteiger partial charge is 0.182 e. The van der Waals surface area contributed by atoms with Crippen molar-refractivity contribution in [2.45, 2.75) is 0 Å². The van der Waals surface area contributed by atoms with E-state index in [0.29, 0.717) is 0 Å². The van der Waals surface area contributed by atoms with E-state index in [-0.39, 0.29) is 0 Å². The number of aromatic nitrogens is 1. The van der Waals surface area contributed by atoms with Gasteiger partial charge < -0.3 is 10.1 Å². The third-order valence-corrected chi connectivity index (χ3v) is 3.88. The Bertz CT molecular complexity index is 694. The van der Waals surface area contributed by atoms with Crippen molar-refractivity contribution in [3.8, 4) is 21.9 Å². The molecule has 0 saturated carbocycles. The third kappa shape index (κ3) is 2.81. The van der Waals surface area contributed by atoms with Crippen LogP contribution in [0, 0.1) is 0 Å². The van der Waals surface area contributed by atoms with Crippen LogP contribution in [0.2, 0.25) is 0 Å². The molecule has 3 nitrogen and oxygen atoms in total. The number of nitrogens with one attached hydrogen (secondary N) is 1. The number of rotatable bonds is 4. The molecule has 0 amide bonds. The molecule has 0 atom stereocenters. The van der Waals surface area contributed by atoms with Crippen LogP contribution in [0.1, 0.15) is 0 Å². The summed E-state index contributed by atoms with van der Waals surface area (Å²) in [6.07, 6.45) is 1.87. The molecule has 0 aliphatic carbocycles. The van der Waals surface area contributed by atoms with Crippen molar-refractivity contribution >= 4 is 16.5 Å². The maximum absolute atomic E-state index is 5.84. The number of thiazole rings is 1. The maximum atomic E-state index is 5.84. The van der Waals surface area contributed by atoms with Gasteiger partial charge in [0, 0.05) is 13.2 Å². The van der Waals surface area contributed by atoms with Gasteiger partial charge in [0.25, 0.3) is 0 Å². The number of hydrogen-bond donors (Lipinski definition) is 1. The van der Waals surface area contributed by atoms with E-state index in [4.69, 9.17) is 4.74 Å². The van der Waals surface area contributed by atoms with Crippen LogP contribution < -0.4 is 10.1 Å². The van der Waals surface area contributed by atoms with Gasteiger partial charge in [-0.05, 0) is 29.8 Å². The van der Waals surface area contributed by atoms with Gasteiger partial charge in [-0.2, -0.15) is 0 Å². The third-order valence-electron chi connectivity index (χ3n) is 2.82. The summed E-state index contributed by atoms with van der Waals surface area (Å²) < 4.78 is 5.84. The Morgan fingerprint density at radius 2 is 1.80 bits per heavy atom. The van der Waals surface area contributed by atoms with Crippen LogP contribution in [0.15, 0.2) is 60.8 Å². The fourth-order valence-electron chi connectivity index (χ4n) is 1.86. The predicted molar refractivity (Wildman–Crippen MR) is 83.6 cm³/mol. The molecular formula is C16H14N2OS. The van der Waals surface area contributed by atoms with E-state index >= 15 is 0 Å². The summed E-state index contributed by atoms with van der Waals surface area (Å²) in [5.41, 5.74) is 1.11. The lowest BCUT2D eigenvalue weighted by Crippen LogP contribution is -1.83. The molecule has 2 aromatic carbocycles. The second-order valence-corrected chi connectivity index (χ2v) is 5.25. The Balaban J connectivity index is 1.86. The Labute approximate surface area is 121 Å². The van der Waals surface area contributed by atoms with Gasteiger partial charge in [-0.3, -0.25) is 0 Å². The normalized spacial score (nSPS) is 10.2. The molecule has 20 heavy (non-hydrogen) atoms. The van der Waals surface area contributed by atoms with Crippen LogP contribution >= 0.6 is 11.3 Å². The molecule has 0 saturated heterocycles. The summed E-state index contributed by atoms with van der Waals surface area (Å²) in [5, 5.41) is 3.96. The van der Waals surface area contributed by atoms with E-state index in [0.717, 1.165) is 27.1 Å². The van der Waals surface area contributed by atoms with E-state index in [2.05, 4.69) is 16.4 Å². The monoisotopic (exact) mass is 282 g/mol. The zero-order valence-corrected chi connectivity index (χ0v) is 11.9. The second kappa shape index (κ2) is 5.75. The minimum Gasteiger partial charge on any atom is -0.457 e. The van der Waals surface area contributed by atoms with Gasteiger partial charge in [-0.15, -0.1) is 0 Å². The van der Waals surface area contributed by atoms with Gasteiger partial charge in [0.15, 0.2) is 5.13 Å². The van der Waals surface area contributed by atoms with Crippen molar-refractivity contribution in [1.82, 2.24) is 4.98 Å². The highest BCUT2D eigenvalue weighted by molar-refractivity contribution is 7.18. The Morgan fingerprint density at radius 3 is 2.55 bits per heavy atom. The molecule has 0 bridgehead atoms. The van der Waals surface area contributed by atoms with Crippen LogP contribution in [0.3, 0.4) is 0 Å². The number of anilines is 1. The van der Waals surface area contributed by atoms with Crippen LogP contribution in [0.25, 0.3) is 10.4 Å². The average molecular weight is 282 g/mol. The first-order chi connectivity index (χ1) is 9.85. The summed E-state index contributed by atoms with van der Waals surface area (Å²) in [4.78, 5) is 5.41. The molecule has 0 aliphatic heterocycles. The molecule has 0 radical (unpaired) electrons. The van der Waals surface area contributed by atoms with Gasteiger partial charge in [-0.1, -0.05) is 41.7 Å². The minimum absolute atomic E-state index is 0.827. The largest absolute Gasteiger partial charge is 0.457 e. The van der Waals surface area contributed by atoms with Gasteiger partial charge in [-0.25, -0.2) is 4.98 Å². The highest BCUT2D eigenvalue weighted by Crippen LogP contribution is 2.32. The first kappa shape index (κ1) is 12.7. The van der Waals surface area contributed by atoms with E-state index in [1.807, 2.05) is 61.8 Å². The van der Waals surface area contributed by atoms with Crippen molar-refractivity contribution in [1.29, 1.82) is 0 Å². The molecule has 0 unspecified atom stereocenters. The van der Waals surface area contributed by atoms with Crippen molar-refractivity contribution in [3.63, 3.8) is 0 Å². The fraction of sp³-hybridized carbons (Fsp3) is 0.0625. The SMILES string of the molecule is CNc1ncc(-c2cccc(Oc3ccccc3)c2)s1. The highest BCUT2D eigenvalue weighted by Gasteiger charge is 2.05. The lowest BCUT2D eigenvalue weighted by atomic mass is 10.2. The minimum atomic E-state index is 0.827. The maximum Gasteiger partial charge on any atom is 0.182 e. The van der Waals surface area contributed by atoms with Crippen molar-refractivity contribution < 1.29 is 4.74 Å². The topological polar surface area (TPSA) is 34.2 Å². The number of benzene rings is 2. The lowest BCUT2D eigenvalue weighted by molar-refractivity contribution is 0.483. The Morgan fingerprint density at radius 1 is 1.00 bits per heavy atom. The zero-order valence-electron chi connectivity index (χ0n) is 11.0. The van der Waals surface area contributed by atoms with Gasteiger partial charge in [0.1, 0.15) is 11.5 Å². The van der Waals surface area contributed by atoms with Gasteiger partial charge in [0.05, 0.1) is 4.88 Å². The molecule has 3 rings (SSSR count). The van der Waals surface area contributed by atoms with Gasteiger partial charge in [0.2, 0.25) is 0 Å². The van der Waals surface area contributed by atoms with Crippen LogP contribution in [-0.4, -0.2) is 12.0 Å². The first-order valence-electron chi connectivity index (χ1n) is 6.32. The number of nitrogens with zero attached hydrogens (tertiary/aromatic N) is 1. The van der Waals surface area contributed by atoms with Crippen molar-refractivity contribution in [3.05, 3.63) is 60.8 Å². The highest BCUT2D eigenvalue weighted by atomic mass is 32.1. The van der Waals surface area contributed by atoms with E-state index in [1.165, 1.54) is 0 Å². The molecule has 0 spiro atoms. The number of hydrogen-bond acceptors (Lipinski definition) is 4. The molecule has 100 valence electrons.